The molecule has 1 unspecified atom stereocenters. The van der Waals surface area contributed by atoms with Crippen LogP contribution >= 0.6 is 0 Å². The van der Waals surface area contributed by atoms with Gasteiger partial charge in [-0.3, -0.25) is 9.36 Å². The highest BCUT2D eigenvalue weighted by Crippen LogP contribution is 2.43. The first-order valence-corrected chi connectivity index (χ1v) is 13.4. The third-order valence-electron chi connectivity index (χ3n) is 5.87. The fraction of sp³-hybridized carbons (Fsp3) is 0.440. The molecule has 0 fully saturated rings. The number of benzene rings is 1. The number of hydrogen-bond donors (Lipinski definition) is 0. The van der Waals surface area contributed by atoms with Crippen LogP contribution in [-0.4, -0.2) is 19.2 Å². The molecule has 0 aliphatic carbocycles. The Hall–Kier alpha value is -2.62. The number of rotatable bonds is 4. The molecule has 0 spiro atoms. The van der Waals surface area contributed by atoms with Crippen LogP contribution < -0.4 is 10.3 Å². The van der Waals surface area contributed by atoms with Crippen LogP contribution in [0.5, 0.6) is 5.75 Å². The summed E-state index contributed by atoms with van der Waals surface area (Å²) in [5, 5.41) is 9.34. The summed E-state index contributed by atoms with van der Waals surface area (Å²) in [4.78, 5) is 13.3. The topological polar surface area (TPSA) is 64.2 Å². The lowest BCUT2D eigenvalue weighted by Gasteiger charge is -2.44. The molecule has 2 aromatic rings. The first-order chi connectivity index (χ1) is 14.3. The predicted molar refractivity (Wildman–Crippen MR) is 127 cm³/mol. The number of hydrogen-bond acceptors (Lipinski definition) is 4. The van der Waals surface area contributed by atoms with Crippen LogP contribution in [0, 0.1) is 16.7 Å². The van der Waals surface area contributed by atoms with Gasteiger partial charge in [0.25, 0.3) is 5.56 Å². The van der Waals surface area contributed by atoms with Crippen molar-refractivity contribution >= 4 is 14.7 Å². The third-order valence-corrected chi connectivity index (χ3v) is 6.82. The van der Waals surface area contributed by atoms with Crippen molar-refractivity contribution in [2.45, 2.75) is 65.8 Å². The molecule has 5 nitrogen and oxygen atoms in total. The van der Waals surface area contributed by atoms with Crippen molar-refractivity contribution in [3.05, 3.63) is 69.6 Å². The summed E-state index contributed by atoms with van der Waals surface area (Å²) in [5.74, 6) is 0.658. The van der Waals surface area contributed by atoms with E-state index in [9.17, 15) is 10.1 Å². The Kier molecular flexibility index (Phi) is 5.81. The zero-order chi connectivity index (χ0) is 23.2. The molecule has 164 valence electrons. The Morgan fingerprint density at radius 2 is 1.81 bits per heavy atom. The van der Waals surface area contributed by atoms with E-state index in [0.717, 1.165) is 16.8 Å². The van der Waals surface area contributed by atoms with Crippen LogP contribution in [0.15, 0.2) is 47.4 Å². The highest BCUT2D eigenvalue weighted by atomic mass is 28.3. The average Bonchev–Trinajstić information content (AvgIpc) is 2.65. The van der Waals surface area contributed by atoms with Crippen molar-refractivity contribution < 1.29 is 9.16 Å². The normalized spacial score (nSPS) is 17.2. The number of aromatic nitrogens is 1. The van der Waals surface area contributed by atoms with Crippen LogP contribution in [0.25, 0.3) is 5.70 Å². The molecule has 1 aliphatic rings. The van der Waals surface area contributed by atoms with Gasteiger partial charge in [0.2, 0.25) is 0 Å². The quantitative estimate of drug-likeness (QED) is 0.630. The predicted octanol–water partition coefficient (Wildman–Crippen LogP) is 5.04. The summed E-state index contributed by atoms with van der Waals surface area (Å²) in [6.07, 6.45) is 3.74. The van der Waals surface area contributed by atoms with Crippen molar-refractivity contribution in [1.82, 2.24) is 4.57 Å². The van der Waals surface area contributed by atoms with Gasteiger partial charge in [0.15, 0.2) is 9.04 Å². The molecule has 31 heavy (non-hydrogen) atoms. The Morgan fingerprint density at radius 1 is 1.13 bits per heavy atom. The Morgan fingerprint density at radius 3 is 2.35 bits per heavy atom. The van der Waals surface area contributed by atoms with Gasteiger partial charge in [-0.25, -0.2) is 0 Å². The molecule has 0 amide bonds. The molecule has 0 saturated carbocycles. The van der Waals surface area contributed by atoms with E-state index in [-0.39, 0.29) is 11.0 Å². The molecule has 0 radical (unpaired) electrons. The van der Waals surface area contributed by atoms with Gasteiger partial charge >= 0.3 is 0 Å². The maximum atomic E-state index is 13.3. The lowest BCUT2D eigenvalue weighted by Crippen LogP contribution is -2.43. The van der Waals surface area contributed by atoms with Crippen molar-refractivity contribution in [2.24, 2.45) is 5.41 Å². The van der Waals surface area contributed by atoms with Gasteiger partial charge in [0, 0.05) is 17.8 Å². The standard InChI is InChI=1S/C25H32N2O3Si/c1-23(2,3)25(6,30-31(7)8)18-11-12-27(22(28)14-18)20-15-24(4,5)29-21-10-9-17(16-26)13-19(20)21/h9-15,31H,1-8H3. The third kappa shape index (κ3) is 4.39. The van der Waals surface area contributed by atoms with Crippen LogP contribution in [0.4, 0.5) is 0 Å². The number of ether oxygens (including phenoxy) is 1. The highest BCUT2D eigenvalue weighted by Gasteiger charge is 2.41. The zero-order valence-electron chi connectivity index (χ0n) is 19.7. The molecule has 1 aliphatic heterocycles. The maximum absolute atomic E-state index is 13.3. The second-order valence-electron chi connectivity index (χ2n) is 10.1. The van der Waals surface area contributed by atoms with Gasteiger partial charge in [-0.05, 0) is 75.2 Å². The summed E-state index contributed by atoms with van der Waals surface area (Å²) in [6.45, 7) is 16.7. The minimum Gasteiger partial charge on any atom is -0.483 e. The van der Waals surface area contributed by atoms with E-state index in [2.05, 4.69) is 46.9 Å². The SMILES string of the molecule is C[SiH](C)OC(C)(c1ccn(C2=CC(C)(C)Oc3ccc(C#N)cc32)c(=O)c1)C(C)(C)C. The summed E-state index contributed by atoms with van der Waals surface area (Å²) < 4.78 is 14.2. The van der Waals surface area contributed by atoms with Crippen LogP contribution in [0.2, 0.25) is 13.1 Å². The molecule has 0 bridgehead atoms. The van der Waals surface area contributed by atoms with Crippen LogP contribution in [0.3, 0.4) is 0 Å². The van der Waals surface area contributed by atoms with Crippen molar-refractivity contribution in [2.75, 3.05) is 0 Å². The molecular weight excluding hydrogens is 404 g/mol. The fourth-order valence-electron chi connectivity index (χ4n) is 3.93. The average molecular weight is 437 g/mol. The van der Waals surface area contributed by atoms with E-state index in [1.807, 2.05) is 32.2 Å². The van der Waals surface area contributed by atoms with Crippen LogP contribution in [0.1, 0.15) is 58.2 Å². The first kappa shape index (κ1) is 23.0. The molecule has 1 atom stereocenters. The number of nitrogens with zero attached hydrogens (tertiary/aromatic N) is 2. The molecule has 0 N–H and O–H groups in total. The van der Waals surface area contributed by atoms with Crippen LogP contribution in [-0.2, 0) is 10.0 Å². The van der Waals surface area contributed by atoms with E-state index in [1.165, 1.54) is 0 Å². The van der Waals surface area contributed by atoms with E-state index in [1.54, 1.807) is 28.8 Å². The largest absolute Gasteiger partial charge is 0.483 e. The monoisotopic (exact) mass is 436 g/mol. The molecule has 1 aromatic heterocycles. The molecule has 2 heterocycles. The summed E-state index contributed by atoms with van der Waals surface area (Å²) in [7, 11) is -1.36. The molecular formula is C25H32N2O3Si. The van der Waals surface area contributed by atoms with Crippen molar-refractivity contribution in [3.63, 3.8) is 0 Å². The molecule has 3 rings (SSSR count). The van der Waals surface area contributed by atoms with E-state index in [4.69, 9.17) is 9.16 Å². The second-order valence-corrected chi connectivity index (χ2v) is 12.5. The number of pyridine rings is 1. The highest BCUT2D eigenvalue weighted by molar-refractivity contribution is 6.48. The fourth-order valence-corrected chi connectivity index (χ4v) is 5.36. The van der Waals surface area contributed by atoms with Gasteiger partial charge in [-0.2, -0.15) is 5.26 Å². The van der Waals surface area contributed by atoms with E-state index >= 15 is 0 Å². The smallest absolute Gasteiger partial charge is 0.255 e. The number of fused-ring (bicyclic) bond motifs is 1. The van der Waals surface area contributed by atoms with Gasteiger partial charge in [-0.15, -0.1) is 0 Å². The minimum absolute atomic E-state index is 0.140. The summed E-state index contributed by atoms with van der Waals surface area (Å²) in [6, 6.07) is 11.1. The molecule has 1 aromatic carbocycles. The molecule has 0 saturated heterocycles. The van der Waals surface area contributed by atoms with Crippen molar-refractivity contribution in [3.8, 4) is 11.8 Å². The Labute approximate surface area is 186 Å². The lowest BCUT2D eigenvalue weighted by atomic mass is 9.74. The number of nitriles is 1. The summed E-state index contributed by atoms with van der Waals surface area (Å²) in [5.41, 5.74) is 1.38. The maximum Gasteiger partial charge on any atom is 0.255 e. The van der Waals surface area contributed by atoms with Crippen molar-refractivity contribution in [1.29, 1.82) is 5.26 Å². The summed E-state index contributed by atoms with van der Waals surface area (Å²) >= 11 is 0. The molecule has 6 heteroatoms. The first-order valence-electron chi connectivity index (χ1n) is 10.7. The Bertz CT molecular complexity index is 1130. The zero-order valence-corrected chi connectivity index (χ0v) is 20.9. The Balaban J connectivity index is 2.17. The van der Waals surface area contributed by atoms with Gasteiger partial charge < -0.3 is 9.16 Å². The second kappa shape index (κ2) is 7.81. The van der Waals surface area contributed by atoms with Gasteiger partial charge in [-0.1, -0.05) is 20.8 Å². The van der Waals surface area contributed by atoms with Gasteiger partial charge in [0.05, 0.1) is 22.9 Å². The lowest BCUT2D eigenvalue weighted by molar-refractivity contribution is -0.0238. The van der Waals surface area contributed by atoms with Gasteiger partial charge in [0.1, 0.15) is 11.4 Å². The minimum atomic E-state index is -1.36. The van der Waals surface area contributed by atoms with E-state index in [0.29, 0.717) is 11.3 Å². The van der Waals surface area contributed by atoms with E-state index < -0.39 is 20.2 Å².